The maximum absolute atomic E-state index is 4.08. The molecule has 1 atom stereocenters. The highest BCUT2D eigenvalue weighted by atomic mass is 79.9. The van der Waals surface area contributed by atoms with Gasteiger partial charge in [-0.2, -0.15) is 0 Å². The Hall–Kier alpha value is -0.300. The predicted octanol–water partition coefficient (Wildman–Crippen LogP) is 7.07. The monoisotopic (exact) mass is 350 g/mol. The van der Waals surface area contributed by atoms with Crippen LogP contribution in [0, 0.1) is 11.3 Å². The number of alkyl halides is 1. The zero-order valence-electron chi connectivity index (χ0n) is 14.0. The average molecular weight is 351 g/mol. The van der Waals surface area contributed by atoms with E-state index in [0.29, 0.717) is 10.2 Å². The summed E-state index contributed by atoms with van der Waals surface area (Å²) in [4.78, 5) is 0.523. The SMILES string of the molecule is CCCCc1ccc(C(Br)C2(CC(C)C)CCCC2)cc1. The Morgan fingerprint density at radius 2 is 1.71 bits per heavy atom. The quantitative estimate of drug-likeness (QED) is 0.461. The second-order valence-corrected chi connectivity index (χ2v) is 8.29. The van der Waals surface area contributed by atoms with E-state index >= 15 is 0 Å². The molecular formula is C20H31Br. The molecule has 118 valence electrons. The molecule has 1 heteroatoms. The van der Waals surface area contributed by atoms with Gasteiger partial charge in [-0.25, -0.2) is 0 Å². The second kappa shape index (κ2) is 7.81. The summed E-state index contributed by atoms with van der Waals surface area (Å²) < 4.78 is 0. The van der Waals surface area contributed by atoms with Crippen molar-refractivity contribution in [3.05, 3.63) is 35.4 Å². The van der Waals surface area contributed by atoms with E-state index in [1.165, 1.54) is 62.5 Å². The van der Waals surface area contributed by atoms with Gasteiger partial charge in [0.25, 0.3) is 0 Å². The van der Waals surface area contributed by atoms with Gasteiger partial charge in [0.15, 0.2) is 0 Å². The van der Waals surface area contributed by atoms with Crippen molar-refractivity contribution in [2.45, 2.75) is 77.0 Å². The summed E-state index contributed by atoms with van der Waals surface area (Å²) in [5, 5.41) is 0. The van der Waals surface area contributed by atoms with Crippen molar-refractivity contribution in [3.8, 4) is 0 Å². The maximum Gasteiger partial charge on any atom is 0.0451 e. The molecule has 2 rings (SSSR count). The van der Waals surface area contributed by atoms with Crippen molar-refractivity contribution in [2.75, 3.05) is 0 Å². The molecule has 1 aliphatic rings. The first-order valence-corrected chi connectivity index (χ1v) is 9.72. The van der Waals surface area contributed by atoms with E-state index in [9.17, 15) is 0 Å². The third-order valence-corrected chi connectivity index (χ3v) is 6.54. The first-order chi connectivity index (χ1) is 10.1. The summed E-state index contributed by atoms with van der Waals surface area (Å²) in [7, 11) is 0. The van der Waals surface area contributed by atoms with Gasteiger partial charge in [-0.15, -0.1) is 0 Å². The summed E-state index contributed by atoms with van der Waals surface area (Å²) >= 11 is 4.08. The number of unbranched alkanes of at least 4 members (excludes halogenated alkanes) is 1. The summed E-state index contributed by atoms with van der Waals surface area (Å²) in [5.41, 5.74) is 3.46. The van der Waals surface area contributed by atoms with Gasteiger partial charge in [-0.3, -0.25) is 0 Å². The summed E-state index contributed by atoms with van der Waals surface area (Å²) in [6, 6.07) is 9.42. The molecule has 1 unspecified atom stereocenters. The van der Waals surface area contributed by atoms with E-state index in [0.717, 1.165) is 5.92 Å². The highest BCUT2D eigenvalue weighted by Gasteiger charge is 2.40. The van der Waals surface area contributed by atoms with Crippen LogP contribution in [0.2, 0.25) is 0 Å². The third-order valence-electron chi connectivity index (χ3n) is 5.04. The average Bonchev–Trinajstić information content (AvgIpc) is 2.93. The smallest absolute Gasteiger partial charge is 0.0451 e. The largest absolute Gasteiger partial charge is 0.0833 e. The number of aryl methyl sites for hydroxylation is 1. The molecule has 0 N–H and O–H groups in total. The summed E-state index contributed by atoms with van der Waals surface area (Å²) in [6.45, 7) is 7.00. The van der Waals surface area contributed by atoms with E-state index in [1.54, 1.807) is 0 Å². The number of hydrogen-bond acceptors (Lipinski definition) is 0. The minimum absolute atomic E-state index is 0.485. The molecule has 1 fully saturated rings. The van der Waals surface area contributed by atoms with E-state index < -0.39 is 0 Å². The van der Waals surface area contributed by atoms with Crippen LogP contribution in [-0.4, -0.2) is 0 Å². The lowest BCUT2D eigenvalue weighted by atomic mass is 9.74. The maximum atomic E-state index is 4.08. The van der Waals surface area contributed by atoms with Crippen LogP contribution in [-0.2, 0) is 6.42 Å². The first-order valence-electron chi connectivity index (χ1n) is 8.80. The van der Waals surface area contributed by atoms with Crippen molar-refractivity contribution >= 4 is 15.9 Å². The molecule has 0 spiro atoms. The lowest BCUT2D eigenvalue weighted by molar-refractivity contribution is 0.230. The molecule has 0 nitrogen and oxygen atoms in total. The molecule has 21 heavy (non-hydrogen) atoms. The van der Waals surface area contributed by atoms with Crippen LogP contribution >= 0.6 is 15.9 Å². The minimum atomic E-state index is 0.485. The number of benzene rings is 1. The molecule has 1 aliphatic carbocycles. The fourth-order valence-corrected chi connectivity index (χ4v) is 4.99. The van der Waals surface area contributed by atoms with E-state index in [1.807, 2.05) is 0 Å². The molecule has 0 amide bonds. The molecule has 0 aromatic heterocycles. The molecule has 1 aromatic carbocycles. The lowest BCUT2D eigenvalue weighted by Crippen LogP contribution is -2.24. The van der Waals surface area contributed by atoms with Gasteiger partial charge in [0.1, 0.15) is 0 Å². The van der Waals surface area contributed by atoms with Crippen molar-refractivity contribution < 1.29 is 0 Å². The van der Waals surface area contributed by atoms with Gasteiger partial charge < -0.3 is 0 Å². The van der Waals surface area contributed by atoms with Crippen LogP contribution in [0.1, 0.15) is 81.7 Å². The first kappa shape index (κ1) is 17.1. The van der Waals surface area contributed by atoms with E-state index in [2.05, 4.69) is 61.0 Å². The predicted molar refractivity (Wildman–Crippen MR) is 97.1 cm³/mol. The Labute approximate surface area is 139 Å². The van der Waals surface area contributed by atoms with Crippen LogP contribution in [0.15, 0.2) is 24.3 Å². The Kier molecular flexibility index (Phi) is 6.34. The topological polar surface area (TPSA) is 0 Å². The number of rotatable bonds is 7. The van der Waals surface area contributed by atoms with Crippen LogP contribution in [0.4, 0.5) is 0 Å². The molecule has 0 saturated heterocycles. The molecule has 1 aromatic rings. The lowest BCUT2D eigenvalue weighted by Gasteiger charge is -2.36. The third kappa shape index (κ3) is 4.34. The van der Waals surface area contributed by atoms with Crippen LogP contribution in [0.5, 0.6) is 0 Å². The molecule has 0 aliphatic heterocycles. The fraction of sp³-hybridized carbons (Fsp3) is 0.700. The highest BCUT2D eigenvalue weighted by molar-refractivity contribution is 9.09. The minimum Gasteiger partial charge on any atom is -0.0833 e. The fourth-order valence-electron chi connectivity index (χ4n) is 4.04. The van der Waals surface area contributed by atoms with Gasteiger partial charge in [0, 0.05) is 4.83 Å². The van der Waals surface area contributed by atoms with Gasteiger partial charge >= 0.3 is 0 Å². The summed E-state index contributed by atoms with van der Waals surface area (Å²) in [6.07, 6.45) is 10.7. The van der Waals surface area contributed by atoms with Gasteiger partial charge in [-0.1, -0.05) is 80.2 Å². The van der Waals surface area contributed by atoms with Crippen LogP contribution < -0.4 is 0 Å². The second-order valence-electron chi connectivity index (χ2n) is 7.38. The van der Waals surface area contributed by atoms with Crippen molar-refractivity contribution in [1.29, 1.82) is 0 Å². The highest BCUT2D eigenvalue weighted by Crippen LogP contribution is 2.55. The Balaban J connectivity index is 2.11. The zero-order chi connectivity index (χ0) is 15.3. The molecular weight excluding hydrogens is 320 g/mol. The normalized spacial score (nSPS) is 19.1. The van der Waals surface area contributed by atoms with Crippen molar-refractivity contribution in [2.24, 2.45) is 11.3 Å². The standard InChI is InChI=1S/C20H31Br/c1-4-5-8-17-9-11-18(12-10-17)19(21)20(15-16(2)3)13-6-7-14-20/h9-12,16,19H,4-8,13-15H2,1-3H3. The van der Waals surface area contributed by atoms with E-state index in [4.69, 9.17) is 0 Å². The van der Waals surface area contributed by atoms with Crippen molar-refractivity contribution in [1.82, 2.24) is 0 Å². The van der Waals surface area contributed by atoms with Gasteiger partial charge in [0.05, 0.1) is 0 Å². The molecule has 0 heterocycles. The summed E-state index contributed by atoms with van der Waals surface area (Å²) in [5.74, 6) is 0.784. The van der Waals surface area contributed by atoms with Crippen LogP contribution in [0.25, 0.3) is 0 Å². The molecule has 1 saturated carbocycles. The van der Waals surface area contributed by atoms with Crippen LogP contribution in [0.3, 0.4) is 0 Å². The van der Waals surface area contributed by atoms with Crippen molar-refractivity contribution in [3.63, 3.8) is 0 Å². The van der Waals surface area contributed by atoms with Gasteiger partial charge in [0.2, 0.25) is 0 Å². The molecule has 0 radical (unpaired) electrons. The van der Waals surface area contributed by atoms with E-state index in [-0.39, 0.29) is 0 Å². The number of halogens is 1. The number of hydrogen-bond donors (Lipinski definition) is 0. The molecule has 0 bridgehead atoms. The Bertz CT molecular complexity index is 412. The Morgan fingerprint density at radius 3 is 2.24 bits per heavy atom. The Morgan fingerprint density at radius 1 is 1.10 bits per heavy atom. The zero-order valence-corrected chi connectivity index (χ0v) is 15.6. The van der Waals surface area contributed by atoms with Gasteiger partial charge in [-0.05, 0) is 54.6 Å².